The maximum Gasteiger partial charge on any atom is 0.307 e. The highest BCUT2D eigenvalue weighted by atomic mass is 19.1. The molecule has 5 rings (SSSR count). The average molecular weight is 568 g/mol. The van der Waals surface area contributed by atoms with Crippen molar-refractivity contribution in [2.24, 2.45) is 5.10 Å². The van der Waals surface area contributed by atoms with E-state index in [0.29, 0.717) is 28.6 Å². The second kappa shape index (κ2) is 12.9. The van der Waals surface area contributed by atoms with Crippen LogP contribution in [-0.2, 0) is 13.2 Å². The van der Waals surface area contributed by atoms with Gasteiger partial charge in [-0.05, 0) is 104 Å². The molecule has 5 aromatic rings. The van der Waals surface area contributed by atoms with Crippen LogP contribution in [-0.4, -0.2) is 23.8 Å². The van der Waals surface area contributed by atoms with Crippen molar-refractivity contribution in [2.75, 3.05) is 7.11 Å². The third kappa shape index (κ3) is 6.87. The molecule has 8 nitrogen and oxygen atoms in total. The molecule has 214 valence electrons. The minimum absolute atomic E-state index is 0.113. The van der Waals surface area contributed by atoms with Crippen LogP contribution in [0.2, 0.25) is 0 Å². The van der Waals surface area contributed by atoms with Crippen LogP contribution in [0, 0.1) is 19.7 Å². The van der Waals surface area contributed by atoms with E-state index in [4.69, 9.17) is 18.6 Å². The average Bonchev–Trinajstić information content (AvgIpc) is 3.62. The Morgan fingerprint density at radius 2 is 1.62 bits per heavy atom. The molecule has 0 aliphatic carbocycles. The first-order valence-electron chi connectivity index (χ1n) is 13.2. The summed E-state index contributed by atoms with van der Waals surface area (Å²) in [6.45, 7) is 4.57. The van der Waals surface area contributed by atoms with Gasteiger partial charge in [0.2, 0.25) is 0 Å². The maximum absolute atomic E-state index is 13.1. The molecule has 3 aromatic carbocycles. The van der Waals surface area contributed by atoms with Crippen molar-refractivity contribution in [3.05, 3.63) is 131 Å². The van der Waals surface area contributed by atoms with Gasteiger partial charge in [0.1, 0.15) is 30.5 Å². The lowest BCUT2D eigenvalue weighted by molar-refractivity contribution is 0.0923. The zero-order chi connectivity index (χ0) is 29.5. The van der Waals surface area contributed by atoms with E-state index >= 15 is 0 Å². The van der Waals surface area contributed by atoms with Crippen LogP contribution in [0.1, 0.15) is 38.8 Å². The van der Waals surface area contributed by atoms with Crippen molar-refractivity contribution in [3.8, 4) is 22.9 Å². The number of nitrogens with zero attached hydrogens (tertiary/aromatic N) is 2. The van der Waals surface area contributed by atoms with Crippen LogP contribution >= 0.6 is 0 Å². The number of hydrogen-bond donors (Lipinski definition) is 1. The molecule has 0 saturated carbocycles. The fourth-order valence-electron chi connectivity index (χ4n) is 4.35. The second-order valence-electron chi connectivity index (χ2n) is 9.52. The van der Waals surface area contributed by atoms with Gasteiger partial charge in [0.05, 0.1) is 13.3 Å². The number of carbonyl (C=O) groups excluding carboxylic acids is 1. The van der Waals surface area contributed by atoms with Crippen molar-refractivity contribution >= 4 is 12.1 Å². The van der Waals surface area contributed by atoms with Gasteiger partial charge in [-0.2, -0.15) is 5.10 Å². The lowest BCUT2D eigenvalue weighted by Crippen LogP contribution is -2.16. The van der Waals surface area contributed by atoms with Crippen LogP contribution in [0.4, 0.5) is 4.39 Å². The summed E-state index contributed by atoms with van der Waals surface area (Å²) in [5, 5.41) is 4.02. The lowest BCUT2D eigenvalue weighted by atomic mass is 10.2. The minimum Gasteiger partial charge on any atom is -0.493 e. The summed E-state index contributed by atoms with van der Waals surface area (Å²) < 4.78 is 38.0. The smallest absolute Gasteiger partial charge is 0.307 e. The van der Waals surface area contributed by atoms with E-state index in [9.17, 15) is 9.18 Å². The fraction of sp³-hybridized carbons (Fsp3) is 0.152. The summed E-state index contributed by atoms with van der Waals surface area (Å²) in [6, 6.07) is 26.5. The zero-order valence-corrected chi connectivity index (χ0v) is 23.5. The number of benzene rings is 3. The summed E-state index contributed by atoms with van der Waals surface area (Å²) in [4.78, 5) is 12.5. The molecule has 0 spiro atoms. The predicted molar refractivity (Wildman–Crippen MR) is 157 cm³/mol. The molecular weight excluding hydrogens is 537 g/mol. The molecule has 1 amide bonds. The number of ether oxygens (including phenoxy) is 3. The molecule has 0 fully saturated rings. The van der Waals surface area contributed by atoms with Crippen molar-refractivity contribution in [3.63, 3.8) is 0 Å². The molecule has 0 aliphatic heterocycles. The Kier molecular flexibility index (Phi) is 8.67. The first kappa shape index (κ1) is 28.2. The normalized spacial score (nSPS) is 11.0. The van der Waals surface area contributed by atoms with Crippen LogP contribution in [0.15, 0.2) is 101 Å². The largest absolute Gasteiger partial charge is 0.493 e. The summed E-state index contributed by atoms with van der Waals surface area (Å²) in [7, 11) is 1.53. The number of hydrogen-bond acceptors (Lipinski definition) is 6. The number of rotatable bonds is 11. The van der Waals surface area contributed by atoms with Crippen molar-refractivity contribution in [2.45, 2.75) is 27.1 Å². The summed E-state index contributed by atoms with van der Waals surface area (Å²) in [5.41, 5.74) is 7.35. The van der Waals surface area contributed by atoms with E-state index in [1.54, 1.807) is 42.5 Å². The number of hydrazone groups is 1. The Labute approximate surface area is 243 Å². The van der Waals surface area contributed by atoms with E-state index in [-0.39, 0.29) is 24.8 Å². The highest BCUT2D eigenvalue weighted by molar-refractivity contribution is 5.92. The Balaban J connectivity index is 1.12. The van der Waals surface area contributed by atoms with E-state index in [1.165, 1.54) is 25.5 Å². The van der Waals surface area contributed by atoms with Gasteiger partial charge in [-0.3, -0.25) is 4.79 Å². The third-order valence-electron chi connectivity index (χ3n) is 6.51. The van der Waals surface area contributed by atoms with Crippen LogP contribution in [0.5, 0.6) is 17.2 Å². The molecule has 1 N–H and O–H groups in total. The molecule has 0 unspecified atom stereocenters. The number of carbonyl (C=O) groups is 1. The molecule has 2 heterocycles. The highest BCUT2D eigenvalue weighted by Crippen LogP contribution is 2.28. The quantitative estimate of drug-likeness (QED) is 0.141. The predicted octanol–water partition coefficient (Wildman–Crippen LogP) is 6.76. The number of nitrogens with one attached hydrogen (secondary N) is 1. The monoisotopic (exact) mass is 567 g/mol. The summed E-state index contributed by atoms with van der Waals surface area (Å²) >= 11 is 0. The molecule has 0 saturated heterocycles. The van der Waals surface area contributed by atoms with Crippen LogP contribution in [0.25, 0.3) is 5.69 Å². The number of aryl methyl sites for hydroxylation is 2. The van der Waals surface area contributed by atoms with Gasteiger partial charge in [0.25, 0.3) is 0 Å². The Morgan fingerprint density at radius 1 is 0.881 bits per heavy atom. The number of furan rings is 1. The van der Waals surface area contributed by atoms with Crippen molar-refractivity contribution in [1.82, 2.24) is 9.99 Å². The van der Waals surface area contributed by atoms with Gasteiger partial charge >= 0.3 is 5.91 Å². The number of methoxy groups -OCH3 is 1. The first-order chi connectivity index (χ1) is 20.4. The summed E-state index contributed by atoms with van der Waals surface area (Å²) in [6.07, 6.45) is 1.48. The van der Waals surface area contributed by atoms with Gasteiger partial charge in [-0.1, -0.05) is 12.1 Å². The van der Waals surface area contributed by atoms with Gasteiger partial charge < -0.3 is 23.2 Å². The Hall–Kier alpha value is -5.31. The number of amides is 1. The van der Waals surface area contributed by atoms with Crippen molar-refractivity contribution in [1.29, 1.82) is 0 Å². The summed E-state index contributed by atoms with van der Waals surface area (Å²) in [5.74, 6) is 1.53. The van der Waals surface area contributed by atoms with Crippen LogP contribution < -0.4 is 19.6 Å². The Bertz CT molecular complexity index is 1670. The molecule has 0 bridgehead atoms. The number of aromatic nitrogens is 1. The maximum atomic E-state index is 13.1. The van der Waals surface area contributed by atoms with Gasteiger partial charge in [-0.15, -0.1) is 0 Å². The van der Waals surface area contributed by atoms with Crippen molar-refractivity contribution < 1.29 is 27.8 Å². The molecule has 0 radical (unpaired) electrons. The second-order valence-corrected chi connectivity index (χ2v) is 9.52. The van der Waals surface area contributed by atoms with E-state index < -0.39 is 5.91 Å². The lowest BCUT2D eigenvalue weighted by Gasteiger charge is -2.11. The third-order valence-corrected chi connectivity index (χ3v) is 6.51. The minimum atomic E-state index is -0.495. The van der Waals surface area contributed by atoms with E-state index in [2.05, 4.69) is 41.1 Å². The number of halogens is 1. The standard InChI is InChI=1S/C33H30FN3O5/c1-22-4-5-23(2)37(22)27-11-13-28(14-12-27)40-21-29-15-17-31(42-29)33(38)36-35-19-25-8-16-30(32(18-25)39-3)41-20-24-6-9-26(34)10-7-24/h4-19H,20-21H2,1-3H3,(H,36,38). The molecule has 0 atom stereocenters. The molecule has 42 heavy (non-hydrogen) atoms. The first-order valence-corrected chi connectivity index (χ1v) is 13.2. The Morgan fingerprint density at radius 3 is 2.33 bits per heavy atom. The van der Waals surface area contributed by atoms with Gasteiger partial charge in [-0.25, -0.2) is 9.82 Å². The molecular formula is C33H30FN3O5. The zero-order valence-electron chi connectivity index (χ0n) is 23.5. The topological polar surface area (TPSA) is 87.2 Å². The van der Waals surface area contributed by atoms with E-state index in [0.717, 1.165) is 22.6 Å². The highest BCUT2D eigenvalue weighted by Gasteiger charge is 2.12. The van der Waals surface area contributed by atoms with Gasteiger partial charge in [0.15, 0.2) is 17.3 Å². The van der Waals surface area contributed by atoms with Crippen LogP contribution in [0.3, 0.4) is 0 Å². The molecule has 0 aliphatic rings. The van der Waals surface area contributed by atoms with Gasteiger partial charge in [0, 0.05) is 17.1 Å². The molecule has 2 aromatic heterocycles. The fourth-order valence-corrected chi connectivity index (χ4v) is 4.35. The SMILES string of the molecule is COc1cc(C=NNC(=O)c2ccc(COc3ccc(-n4c(C)ccc4C)cc3)o2)ccc1OCc1ccc(F)cc1. The molecule has 9 heteroatoms. The van der Waals surface area contributed by atoms with E-state index in [1.807, 2.05) is 24.3 Å².